The van der Waals surface area contributed by atoms with Crippen LogP contribution in [0.4, 0.5) is 4.79 Å². The second-order valence-corrected chi connectivity index (χ2v) is 7.37. The van der Waals surface area contributed by atoms with Crippen molar-refractivity contribution < 1.29 is 18.7 Å². The normalized spacial score (nSPS) is 12.7. The lowest BCUT2D eigenvalue weighted by atomic mass is 10.1. The topological polar surface area (TPSA) is 68.5 Å². The first-order valence-electron chi connectivity index (χ1n) is 7.94. The van der Waals surface area contributed by atoms with Crippen LogP contribution >= 0.6 is 11.8 Å². The zero-order valence-corrected chi connectivity index (χ0v) is 15.2. The van der Waals surface area contributed by atoms with Crippen molar-refractivity contribution in [1.82, 2.24) is 5.32 Å². The number of unbranched alkanes of at least 4 members (excludes halogenated alkanes) is 1. The standard InChI is InChI=1S/C17H27NO4S/c1-5-6-9-14(18-16(20)22-17(2,3)4)15(19)12-23-11-13-8-7-10-21-13/h7-8,10,14H,5-6,9,11-12H2,1-4H3,(H,18,20)/t14-/m0/s1. The largest absolute Gasteiger partial charge is 0.468 e. The summed E-state index contributed by atoms with van der Waals surface area (Å²) in [6.45, 7) is 7.46. The summed E-state index contributed by atoms with van der Waals surface area (Å²) < 4.78 is 10.5. The van der Waals surface area contributed by atoms with Gasteiger partial charge in [0.1, 0.15) is 11.4 Å². The van der Waals surface area contributed by atoms with Gasteiger partial charge in [-0.1, -0.05) is 19.8 Å². The maximum Gasteiger partial charge on any atom is 0.408 e. The number of Topliss-reactive ketones (excluding diaryl/α,β-unsaturated/α-hetero) is 1. The molecule has 0 aromatic carbocycles. The number of amides is 1. The van der Waals surface area contributed by atoms with Crippen molar-refractivity contribution >= 4 is 23.6 Å². The highest BCUT2D eigenvalue weighted by molar-refractivity contribution is 7.99. The molecule has 130 valence electrons. The fraction of sp³-hybridized carbons (Fsp3) is 0.647. The number of alkyl carbamates (subject to hydrolysis) is 1. The van der Waals surface area contributed by atoms with Crippen molar-refractivity contribution in [2.75, 3.05) is 5.75 Å². The molecule has 1 heterocycles. The van der Waals surface area contributed by atoms with E-state index >= 15 is 0 Å². The summed E-state index contributed by atoms with van der Waals surface area (Å²) >= 11 is 1.49. The average molecular weight is 341 g/mol. The summed E-state index contributed by atoms with van der Waals surface area (Å²) in [5.74, 6) is 1.84. The van der Waals surface area contributed by atoms with Crippen molar-refractivity contribution in [3.8, 4) is 0 Å². The van der Waals surface area contributed by atoms with Gasteiger partial charge in [0.25, 0.3) is 0 Å². The Balaban J connectivity index is 2.47. The third-order valence-electron chi connectivity index (χ3n) is 2.99. The van der Waals surface area contributed by atoms with Gasteiger partial charge in [0, 0.05) is 0 Å². The molecule has 6 heteroatoms. The SMILES string of the molecule is CCCC[C@H](NC(=O)OC(C)(C)C)C(=O)CSCc1ccco1. The third-order valence-corrected chi connectivity index (χ3v) is 3.97. The van der Waals surface area contributed by atoms with Crippen LogP contribution in [-0.4, -0.2) is 29.3 Å². The Hall–Kier alpha value is -1.43. The molecule has 0 aliphatic rings. The maximum absolute atomic E-state index is 12.4. The average Bonchev–Trinajstić information content (AvgIpc) is 2.94. The molecule has 1 amide bonds. The van der Waals surface area contributed by atoms with E-state index in [1.165, 1.54) is 11.8 Å². The van der Waals surface area contributed by atoms with E-state index in [0.29, 0.717) is 17.9 Å². The van der Waals surface area contributed by atoms with Gasteiger partial charge in [0.15, 0.2) is 5.78 Å². The predicted octanol–water partition coefficient (Wildman–Crippen LogP) is 4.17. The van der Waals surface area contributed by atoms with Gasteiger partial charge < -0.3 is 14.5 Å². The molecule has 0 spiro atoms. The van der Waals surface area contributed by atoms with Gasteiger partial charge >= 0.3 is 6.09 Å². The molecule has 1 aromatic rings. The van der Waals surface area contributed by atoms with Crippen LogP contribution in [-0.2, 0) is 15.3 Å². The van der Waals surface area contributed by atoms with Crippen LogP contribution < -0.4 is 5.32 Å². The lowest BCUT2D eigenvalue weighted by Crippen LogP contribution is -2.44. The minimum absolute atomic E-state index is 0.0147. The van der Waals surface area contributed by atoms with Crippen LogP contribution in [0.1, 0.15) is 52.7 Å². The summed E-state index contributed by atoms with van der Waals surface area (Å²) in [6.07, 6.45) is 3.57. The molecule has 0 fully saturated rings. The number of ether oxygens (including phenoxy) is 1. The monoisotopic (exact) mass is 341 g/mol. The third kappa shape index (κ3) is 8.69. The van der Waals surface area contributed by atoms with E-state index < -0.39 is 17.7 Å². The summed E-state index contributed by atoms with van der Waals surface area (Å²) in [5.41, 5.74) is -0.573. The number of nitrogens with one attached hydrogen (secondary N) is 1. The summed E-state index contributed by atoms with van der Waals surface area (Å²) in [6, 6.07) is 3.21. The van der Waals surface area contributed by atoms with Crippen LogP contribution in [0.3, 0.4) is 0 Å². The number of thioether (sulfide) groups is 1. The Labute approximate surface area is 142 Å². The van der Waals surface area contributed by atoms with Crippen molar-refractivity contribution in [2.45, 2.75) is 64.4 Å². The zero-order valence-electron chi connectivity index (χ0n) is 14.4. The number of hydrogen-bond donors (Lipinski definition) is 1. The summed E-state index contributed by atoms with van der Waals surface area (Å²) in [7, 11) is 0. The highest BCUT2D eigenvalue weighted by atomic mass is 32.2. The van der Waals surface area contributed by atoms with E-state index in [9.17, 15) is 9.59 Å². The van der Waals surface area contributed by atoms with Gasteiger partial charge in [-0.05, 0) is 39.3 Å². The van der Waals surface area contributed by atoms with Gasteiger partial charge in [0.2, 0.25) is 0 Å². The Kier molecular flexibility index (Phi) is 8.23. The van der Waals surface area contributed by atoms with Crippen LogP contribution in [0, 0.1) is 0 Å². The number of hydrogen-bond acceptors (Lipinski definition) is 5. The number of furan rings is 1. The molecule has 0 saturated heterocycles. The Morgan fingerprint density at radius 2 is 2.13 bits per heavy atom. The molecular formula is C17H27NO4S. The first-order valence-corrected chi connectivity index (χ1v) is 9.09. The van der Waals surface area contributed by atoms with Crippen LogP contribution in [0.15, 0.2) is 22.8 Å². The molecule has 0 radical (unpaired) electrons. The zero-order chi connectivity index (χ0) is 17.3. The minimum atomic E-state index is -0.573. The second kappa shape index (κ2) is 9.65. The molecule has 1 rings (SSSR count). The summed E-state index contributed by atoms with van der Waals surface area (Å²) in [5, 5.41) is 2.70. The molecule has 0 saturated carbocycles. The molecule has 23 heavy (non-hydrogen) atoms. The van der Waals surface area contributed by atoms with Gasteiger partial charge in [-0.25, -0.2) is 4.79 Å². The molecule has 1 N–H and O–H groups in total. The second-order valence-electron chi connectivity index (χ2n) is 6.38. The first kappa shape index (κ1) is 19.6. The minimum Gasteiger partial charge on any atom is -0.468 e. The van der Waals surface area contributed by atoms with Gasteiger partial charge in [-0.2, -0.15) is 0 Å². The van der Waals surface area contributed by atoms with E-state index in [1.807, 2.05) is 12.1 Å². The van der Waals surface area contributed by atoms with Crippen molar-refractivity contribution in [3.63, 3.8) is 0 Å². The van der Waals surface area contributed by atoms with Crippen LogP contribution in [0.5, 0.6) is 0 Å². The molecule has 0 bridgehead atoms. The fourth-order valence-electron chi connectivity index (χ4n) is 1.92. The quantitative estimate of drug-likeness (QED) is 0.730. The van der Waals surface area contributed by atoms with Gasteiger partial charge in [-0.15, -0.1) is 11.8 Å². The molecule has 0 aliphatic heterocycles. The fourth-order valence-corrected chi connectivity index (χ4v) is 2.79. The molecule has 0 aliphatic carbocycles. The van der Waals surface area contributed by atoms with E-state index in [0.717, 1.165) is 18.6 Å². The van der Waals surface area contributed by atoms with Gasteiger partial charge in [-0.3, -0.25) is 4.79 Å². The highest BCUT2D eigenvalue weighted by Crippen LogP contribution is 2.15. The number of ketones is 1. The van der Waals surface area contributed by atoms with Gasteiger partial charge in [0.05, 0.1) is 23.8 Å². The maximum atomic E-state index is 12.4. The molecule has 1 aromatic heterocycles. The highest BCUT2D eigenvalue weighted by Gasteiger charge is 2.23. The van der Waals surface area contributed by atoms with Crippen molar-refractivity contribution in [3.05, 3.63) is 24.2 Å². The first-order chi connectivity index (χ1) is 10.8. The Morgan fingerprint density at radius 3 is 2.70 bits per heavy atom. The molecule has 5 nitrogen and oxygen atoms in total. The summed E-state index contributed by atoms with van der Waals surface area (Å²) in [4.78, 5) is 24.2. The molecule has 0 unspecified atom stereocenters. The Morgan fingerprint density at radius 1 is 1.39 bits per heavy atom. The predicted molar refractivity (Wildman–Crippen MR) is 92.6 cm³/mol. The van der Waals surface area contributed by atoms with Crippen LogP contribution in [0.2, 0.25) is 0 Å². The van der Waals surface area contributed by atoms with Crippen molar-refractivity contribution in [2.24, 2.45) is 0 Å². The van der Waals surface area contributed by atoms with Crippen LogP contribution in [0.25, 0.3) is 0 Å². The number of carbonyl (C=O) groups is 2. The lowest BCUT2D eigenvalue weighted by molar-refractivity contribution is -0.118. The number of rotatable bonds is 9. The lowest BCUT2D eigenvalue weighted by Gasteiger charge is -2.23. The molecular weight excluding hydrogens is 314 g/mol. The van der Waals surface area contributed by atoms with E-state index in [4.69, 9.17) is 9.15 Å². The Bertz CT molecular complexity index is 479. The van der Waals surface area contributed by atoms with E-state index in [1.54, 1.807) is 27.0 Å². The van der Waals surface area contributed by atoms with E-state index in [-0.39, 0.29) is 5.78 Å². The number of carbonyl (C=O) groups excluding carboxylic acids is 2. The van der Waals surface area contributed by atoms with E-state index in [2.05, 4.69) is 12.2 Å². The molecule has 1 atom stereocenters. The smallest absolute Gasteiger partial charge is 0.408 e. The van der Waals surface area contributed by atoms with Crippen molar-refractivity contribution in [1.29, 1.82) is 0 Å².